The van der Waals surface area contributed by atoms with Crippen molar-refractivity contribution in [2.24, 2.45) is 0 Å². The molecule has 0 aromatic heterocycles. The summed E-state index contributed by atoms with van der Waals surface area (Å²) in [5, 5.41) is 10.6. The van der Waals surface area contributed by atoms with E-state index >= 15 is 0 Å². The van der Waals surface area contributed by atoms with E-state index in [4.69, 9.17) is 37.0 Å². The summed E-state index contributed by atoms with van der Waals surface area (Å²) >= 11 is 0. The predicted molar refractivity (Wildman–Crippen MR) is 436 cm³/mol. The van der Waals surface area contributed by atoms with E-state index in [2.05, 4.69) is 186 Å². The molecule has 0 saturated heterocycles. The molecule has 0 aliphatic carbocycles. The van der Waals surface area contributed by atoms with Gasteiger partial charge in [-0.1, -0.05) is 282 Å². The first-order valence-electron chi connectivity index (χ1n) is 40.7. The number of aliphatic hydroxyl groups excluding tert-OH is 1. The third-order valence-corrected chi connectivity index (χ3v) is 18.4. The molecule has 0 radical (unpaired) electrons. The maximum Gasteiger partial charge on any atom is 0.472 e. The van der Waals surface area contributed by atoms with Crippen LogP contribution < -0.4 is 0 Å². The number of carbonyl (C=O) groups excluding carboxylic acids is 4. The molecular formula is C87H144O17P2. The van der Waals surface area contributed by atoms with E-state index in [1.54, 1.807) is 0 Å². The van der Waals surface area contributed by atoms with Gasteiger partial charge in [0.05, 0.1) is 26.4 Å². The van der Waals surface area contributed by atoms with Crippen molar-refractivity contribution < 1.29 is 80.2 Å². The van der Waals surface area contributed by atoms with Gasteiger partial charge in [-0.15, -0.1) is 0 Å². The summed E-state index contributed by atoms with van der Waals surface area (Å²) in [6, 6.07) is 0. The molecule has 3 N–H and O–H groups in total. The molecule has 106 heavy (non-hydrogen) atoms. The lowest BCUT2D eigenvalue weighted by molar-refractivity contribution is -0.161. The van der Waals surface area contributed by atoms with Gasteiger partial charge in [0.15, 0.2) is 12.2 Å². The average Bonchev–Trinajstić information content (AvgIpc) is 0.901. The predicted octanol–water partition coefficient (Wildman–Crippen LogP) is 24.0. The molecule has 0 fully saturated rings. The second-order valence-electron chi connectivity index (χ2n) is 26.6. The number of phosphoric acid groups is 2. The lowest BCUT2D eigenvalue weighted by atomic mass is 10.1. The zero-order chi connectivity index (χ0) is 77.4. The number of aliphatic hydroxyl groups is 1. The minimum absolute atomic E-state index is 0.0722. The van der Waals surface area contributed by atoms with Crippen LogP contribution in [0.4, 0.5) is 0 Å². The Kier molecular flexibility index (Phi) is 73.9. The number of ether oxygens (including phenoxy) is 4. The SMILES string of the molecule is CC/C=C\C/C=C\C/C=C\C/C=C\C/C=C\CCCCCC(=O)OCC(COP(=O)(O)OCC(O)COP(=O)(O)OCC(COC(=O)CCCCCCCC/C=C\C/C=C\C/C=C\C/C=C\CC)OC(=O)CCCCCCCCC/C=C\C/C=C\C/C=C\CC)OC(=O)CCCCCCC/C=C\CCCC. The van der Waals surface area contributed by atoms with Gasteiger partial charge >= 0.3 is 39.5 Å². The first-order valence-corrected chi connectivity index (χ1v) is 43.7. The van der Waals surface area contributed by atoms with Gasteiger partial charge in [0.2, 0.25) is 0 Å². The molecule has 19 heteroatoms. The van der Waals surface area contributed by atoms with E-state index in [1.807, 2.05) is 0 Å². The third-order valence-electron chi connectivity index (χ3n) is 16.5. The standard InChI is InChI=1S/C87H144O17P2/c1-5-9-13-17-21-25-29-32-35-38-40-43-45-48-52-55-59-63-67-71-84(89)97-77-82(103-86(91)73-69-65-61-57-51-28-24-20-16-12-8-4)79-101-105(93,94)99-75-81(88)76-100-106(95,96)102-80-83(104-87(92)74-70-66-62-58-54-50-47-42-37-34-31-27-23-19-15-11-7-3)78-98-85(90)72-68-64-60-56-53-49-46-44-41-39-36-33-30-26-22-18-14-10-6-2/h9-11,13-15,20-27,32-37,40-41,43-44,48,52,81-83,88H,5-8,12,16-19,28-31,38-39,42,45-47,49-51,53-80H2,1-4H3,(H,93,94)(H,95,96)/b13-9-,14-10-,15-11-,24-20-,25-21-,26-22-,27-23-,35-32-,36-33-,37-34-,43-40-,44-41-,52-48-. The Bertz CT molecular complexity index is 2630. The molecular weight excluding hydrogens is 1380 g/mol. The van der Waals surface area contributed by atoms with Crippen molar-refractivity contribution in [3.05, 3.63) is 158 Å². The van der Waals surface area contributed by atoms with Crippen molar-refractivity contribution in [3.8, 4) is 0 Å². The fourth-order valence-electron chi connectivity index (χ4n) is 10.4. The summed E-state index contributed by atoms with van der Waals surface area (Å²) in [6.07, 6.45) is 90.8. The average molecular weight is 1520 g/mol. The molecule has 0 heterocycles. The second kappa shape index (κ2) is 77.8. The van der Waals surface area contributed by atoms with Crippen LogP contribution in [-0.2, 0) is 65.4 Å². The van der Waals surface area contributed by atoms with Crippen LogP contribution in [0, 0.1) is 0 Å². The van der Waals surface area contributed by atoms with Crippen LogP contribution in [0.1, 0.15) is 310 Å². The first-order chi connectivity index (χ1) is 51.7. The van der Waals surface area contributed by atoms with Gasteiger partial charge in [0.1, 0.15) is 19.3 Å². The van der Waals surface area contributed by atoms with Crippen LogP contribution in [0.3, 0.4) is 0 Å². The van der Waals surface area contributed by atoms with E-state index in [9.17, 15) is 43.2 Å². The maximum absolute atomic E-state index is 13.1. The topological polar surface area (TPSA) is 237 Å². The number of unbranched alkanes of at least 4 members (excludes halogenated alkanes) is 23. The van der Waals surface area contributed by atoms with Gasteiger partial charge in [-0.2, -0.15) is 0 Å². The van der Waals surface area contributed by atoms with Crippen molar-refractivity contribution in [1.29, 1.82) is 0 Å². The Labute approximate surface area is 642 Å². The smallest absolute Gasteiger partial charge is 0.462 e. The minimum atomic E-state index is -4.99. The molecule has 0 aromatic carbocycles. The van der Waals surface area contributed by atoms with Gasteiger partial charge in [-0.25, -0.2) is 9.13 Å². The van der Waals surface area contributed by atoms with Gasteiger partial charge < -0.3 is 33.8 Å². The number of allylic oxidation sites excluding steroid dienone is 26. The highest BCUT2D eigenvalue weighted by atomic mass is 31.2. The van der Waals surface area contributed by atoms with Crippen LogP contribution in [0.25, 0.3) is 0 Å². The molecule has 0 spiro atoms. The number of phosphoric ester groups is 2. The molecule has 0 aliphatic rings. The minimum Gasteiger partial charge on any atom is -0.462 e. The molecule has 0 amide bonds. The largest absolute Gasteiger partial charge is 0.472 e. The van der Waals surface area contributed by atoms with Crippen molar-refractivity contribution >= 4 is 39.5 Å². The number of carbonyl (C=O) groups is 4. The molecule has 0 rings (SSSR count). The Morgan fingerprint density at radius 3 is 0.774 bits per heavy atom. The summed E-state index contributed by atoms with van der Waals surface area (Å²) in [5.74, 6) is -2.25. The lowest BCUT2D eigenvalue weighted by Crippen LogP contribution is -2.30. The van der Waals surface area contributed by atoms with Crippen LogP contribution in [0.15, 0.2) is 158 Å². The van der Waals surface area contributed by atoms with Crippen LogP contribution in [-0.4, -0.2) is 96.7 Å². The summed E-state index contributed by atoms with van der Waals surface area (Å²) in [7, 11) is -9.99. The molecule has 0 aliphatic heterocycles. The molecule has 0 aromatic rings. The van der Waals surface area contributed by atoms with E-state index in [0.717, 1.165) is 218 Å². The highest BCUT2D eigenvalue weighted by Gasteiger charge is 2.30. The zero-order valence-electron chi connectivity index (χ0n) is 66.1. The Morgan fingerprint density at radius 1 is 0.274 bits per heavy atom. The van der Waals surface area contributed by atoms with Gasteiger partial charge in [0, 0.05) is 25.7 Å². The van der Waals surface area contributed by atoms with Gasteiger partial charge in [0.25, 0.3) is 0 Å². The molecule has 0 saturated carbocycles. The summed E-state index contributed by atoms with van der Waals surface area (Å²) in [5.41, 5.74) is 0. The highest BCUT2D eigenvalue weighted by Crippen LogP contribution is 2.45. The van der Waals surface area contributed by atoms with Crippen molar-refractivity contribution in [1.82, 2.24) is 0 Å². The van der Waals surface area contributed by atoms with Crippen molar-refractivity contribution in [2.45, 2.75) is 329 Å². The molecule has 17 nitrogen and oxygen atoms in total. The summed E-state index contributed by atoms with van der Waals surface area (Å²) in [6.45, 7) is 4.43. The highest BCUT2D eigenvalue weighted by molar-refractivity contribution is 7.47. The van der Waals surface area contributed by atoms with E-state index < -0.39 is 97.5 Å². The lowest BCUT2D eigenvalue weighted by Gasteiger charge is -2.21. The van der Waals surface area contributed by atoms with Crippen molar-refractivity contribution in [3.63, 3.8) is 0 Å². The van der Waals surface area contributed by atoms with Gasteiger partial charge in [-0.3, -0.25) is 37.3 Å². The zero-order valence-corrected chi connectivity index (χ0v) is 67.8. The number of esters is 4. The monoisotopic (exact) mass is 1520 g/mol. The Hall–Kier alpha value is -5.32. The van der Waals surface area contributed by atoms with Crippen LogP contribution >= 0.6 is 15.6 Å². The van der Waals surface area contributed by atoms with Crippen molar-refractivity contribution in [2.75, 3.05) is 39.6 Å². The van der Waals surface area contributed by atoms with E-state index in [1.165, 1.54) is 12.8 Å². The van der Waals surface area contributed by atoms with Crippen LogP contribution in [0.5, 0.6) is 0 Å². The maximum atomic E-state index is 13.1. The molecule has 5 atom stereocenters. The number of hydrogen-bond acceptors (Lipinski definition) is 15. The number of hydrogen-bond donors (Lipinski definition) is 3. The normalized spacial score (nSPS) is 14.7. The fourth-order valence-corrected chi connectivity index (χ4v) is 11.9. The third kappa shape index (κ3) is 76.9. The molecule has 5 unspecified atom stereocenters. The van der Waals surface area contributed by atoms with E-state index in [-0.39, 0.29) is 25.7 Å². The Morgan fingerprint density at radius 2 is 0.491 bits per heavy atom. The fraction of sp³-hybridized carbons (Fsp3) is 0.655. The van der Waals surface area contributed by atoms with Crippen LogP contribution in [0.2, 0.25) is 0 Å². The molecule has 0 bridgehead atoms. The second-order valence-corrected chi connectivity index (χ2v) is 29.5. The van der Waals surface area contributed by atoms with E-state index in [0.29, 0.717) is 25.7 Å². The summed E-state index contributed by atoms with van der Waals surface area (Å²) in [4.78, 5) is 73.1. The number of rotatable bonds is 75. The Balaban J connectivity index is 5.39. The summed E-state index contributed by atoms with van der Waals surface area (Å²) < 4.78 is 68.6. The quantitative estimate of drug-likeness (QED) is 0.0169. The molecule has 604 valence electrons. The van der Waals surface area contributed by atoms with Gasteiger partial charge in [-0.05, 0) is 161 Å². The first kappa shape index (κ1) is 101.